The van der Waals surface area contributed by atoms with Crippen LogP contribution in [0.3, 0.4) is 0 Å². The first kappa shape index (κ1) is 42.7. The summed E-state index contributed by atoms with van der Waals surface area (Å²) in [5, 5.41) is 0. The van der Waals surface area contributed by atoms with E-state index in [1.54, 1.807) is 0 Å². The van der Waals surface area contributed by atoms with E-state index in [2.05, 4.69) is 32.9 Å². The molecule has 0 bridgehead atoms. The van der Waals surface area contributed by atoms with E-state index in [1.807, 2.05) is 13.0 Å². The van der Waals surface area contributed by atoms with Crippen LogP contribution in [0.2, 0.25) is 0 Å². The average molecular weight is 549 g/mol. The van der Waals surface area contributed by atoms with E-state index in [-0.39, 0.29) is 180 Å². The summed E-state index contributed by atoms with van der Waals surface area (Å²) in [4.78, 5) is 45.4. The van der Waals surface area contributed by atoms with Gasteiger partial charge >= 0.3 is 154 Å². The van der Waals surface area contributed by atoms with Crippen molar-refractivity contribution in [2.75, 3.05) is 6.16 Å². The van der Waals surface area contributed by atoms with Gasteiger partial charge < -0.3 is 24.1 Å². The number of hydrogen-bond acceptors (Lipinski definition) is 5. The van der Waals surface area contributed by atoms with Gasteiger partial charge in [-0.25, -0.2) is 0 Å². The quantitative estimate of drug-likeness (QED) is 0.130. The van der Waals surface area contributed by atoms with Crippen LogP contribution in [0.1, 0.15) is 86.5 Å². The van der Waals surface area contributed by atoms with Crippen LogP contribution in [-0.4, -0.2) is 11.1 Å². The summed E-state index contributed by atoms with van der Waals surface area (Å²) in [5.74, 6) is 0. The van der Waals surface area contributed by atoms with E-state index >= 15 is 0 Å². The minimum Gasteiger partial charge on any atom is -0.796 e. The Kier molecular flexibility index (Phi) is 29.7. The van der Waals surface area contributed by atoms with Crippen LogP contribution < -0.4 is 174 Å². The maximum absolute atomic E-state index is 12.6. The summed E-state index contributed by atoms with van der Waals surface area (Å²) in [6, 6.07) is 0. The third kappa shape index (κ3) is 16.3. The Morgan fingerprint density at radius 3 is 1.55 bits per heavy atom. The summed E-state index contributed by atoms with van der Waals surface area (Å²) in [7, 11) is -9.62. The van der Waals surface area contributed by atoms with Crippen molar-refractivity contribution in [1.82, 2.24) is 0 Å². The van der Waals surface area contributed by atoms with Crippen LogP contribution in [0, 0.1) is 0 Å². The van der Waals surface area contributed by atoms with Crippen molar-refractivity contribution in [1.29, 1.82) is 0 Å². The molecule has 0 aromatic carbocycles. The molecule has 0 spiro atoms. The second kappa shape index (κ2) is 21.6. The molecule has 0 rings (SSSR count). The molecule has 0 aromatic rings. The predicted molar refractivity (Wildman–Crippen MR) is 113 cm³/mol. The van der Waals surface area contributed by atoms with E-state index in [0.717, 1.165) is 31.3 Å². The molecule has 1 unspecified atom stereocenters. The van der Waals surface area contributed by atoms with Gasteiger partial charge in [0.25, 0.3) is 0 Å². The zero-order valence-electron chi connectivity index (χ0n) is 21.3. The van der Waals surface area contributed by atoms with Crippen molar-refractivity contribution in [2.45, 2.75) is 91.4 Å². The molecule has 1 atom stereocenters. The van der Waals surface area contributed by atoms with Crippen molar-refractivity contribution < 1.29 is 178 Å². The fourth-order valence-corrected chi connectivity index (χ4v) is 7.75. The first-order valence-corrected chi connectivity index (χ1v) is 13.4. The largest absolute Gasteiger partial charge is 1.00 e. The molecule has 0 aliphatic carbocycles. The maximum atomic E-state index is 12.6. The Bertz CT molecular complexity index is 621. The zero-order chi connectivity index (χ0) is 22.0. The van der Waals surface area contributed by atoms with Gasteiger partial charge in [0, 0.05) is 0 Å². The fraction of sp³-hybridized carbons (Fsp3) is 0.714. The molecule has 0 amide bonds. The molecule has 10 heteroatoms. The van der Waals surface area contributed by atoms with Crippen molar-refractivity contribution >= 4 is 15.3 Å². The average Bonchev–Trinajstić information content (AvgIpc) is 2.54. The van der Waals surface area contributed by atoms with Crippen LogP contribution in [0.25, 0.3) is 0 Å². The summed E-state index contributed by atoms with van der Waals surface area (Å²) in [6.07, 6.45) is 9.61. The monoisotopic (exact) mass is 548 g/mol. The summed E-state index contributed by atoms with van der Waals surface area (Å²) < 4.78 is 12.6. The molecule has 0 fully saturated rings. The minimum absolute atomic E-state index is 0. The van der Waals surface area contributed by atoms with Gasteiger partial charge in [-0.15, -0.1) is 0 Å². The van der Waals surface area contributed by atoms with Crippen molar-refractivity contribution in [3.05, 3.63) is 34.9 Å². The van der Waals surface area contributed by atoms with E-state index < -0.39 is 20.2 Å². The van der Waals surface area contributed by atoms with Crippen LogP contribution in [0.5, 0.6) is 0 Å². The van der Waals surface area contributed by atoms with Gasteiger partial charge in [0.1, 0.15) is 4.90 Å². The van der Waals surface area contributed by atoms with Gasteiger partial charge in [-0.05, 0) is 78.8 Å². The molecular formula is C21H37K3O5P2. The first-order chi connectivity index (χ1) is 12.8. The van der Waals surface area contributed by atoms with E-state index in [9.17, 15) is 24.1 Å². The maximum Gasteiger partial charge on any atom is 1.00 e. The number of hydrogen-bond donors (Lipinski definition) is 0. The fourth-order valence-electron chi connectivity index (χ4n) is 3.33. The van der Waals surface area contributed by atoms with Gasteiger partial charge in [0.2, 0.25) is 0 Å². The van der Waals surface area contributed by atoms with E-state index in [4.69, 9.17) is 0 Å². The molecule has 5 nitrogen and oxygen atoms in total. The first-order valence-electron chi connectivity index (χ1n) is 10.1. The Morgan fingerprint density at radius 2 is 1.19 bits per heavy atom. The molecule has 0 saturated heterocycles. The van der Waals surface area contributed by atoms with Gasteiger partial charge in [-0.2, -0.15) is 7.94 Å². The Morgan fingerprint density at radius 1 is 0.806 bits per heavy atom. The van der Waals surface area contributed by atoms with Crippen molar-refractivity contribution in [2.24, 2.45) is 0 Å². The van der Waals surface area contributed by atoms with Crippen molar-refractivity contribution in [3.63, 3.8) is 0 Å². The number of allylic oxidation sites excluding steroid dienone is 6. The molecule has 0 heterocycles. The molecule has 0 aliphatic heterocycles. The van der Waals surface area contributed by atoms with E-state index in [0.29, 0.717) is 0 Å². The normalized spacial score (nSPS) is 14.5. The predicted octanol–water partition coefficient (Wildman–Crippen LogP) is -5.19. The molecular weight excluding hydrogens is 511 g/mol. The van der Waals surface area contributed by atoms with Gasteiger partial charge in [0.15, 0.2) is 0 Å². The third-order valence-electron chi connectivity index (χ3n) is 5.32. The van der Waals surface area contributed by atoms with Gasteiger partial charge in [-0.1, -0.05) is 48.8 Å². The van der Waals surface area contributed by atoms with Gasteiger partial charge in [0.05, 0.1) is 7.37 Å². The molecule has 0 N–H and O–H groups in total. The van der Waals surface area contributed by atoms with Crippen LogP contribution >= 0.6 is 15.3 Å². The van der Waals surface area contributed by atoms with Gasteiger partial charge in [-0.3, -0.25) is 0 Å². The minimum atomic E-state index is -5.24. The summed E-state index contributed by atoms with van der Waals surface area (Å²) in [6.45, 7) is 11.1. The summed E-state index contributed by atoms with van der Waals surface area (Å²) >= 11 is 0. The van der Waals surface area contributed by atoms with Crippen LogP contribution in [-0.2, 0) is 4.57 Å². The second-order valence-corrected chi connectivity index (χ2v) is 12.7. The molecule has 164 valence electrons. The van der Waals surface area contributed by atoms with Crippen LogP contribution in [0.15, 0.2) is 34.9 Å². The molecule has 0 aliphatic rings. The Labute approximate surface area is 319 Å². The van der Waals surface area contributed by atoms with Crippen LogP contribution in [0.4, 0.5) is 0 Å². The SMILES string of the molecule is CCC(CC)(P(=O)([O-])CC/C=C(\C)CC/C=C(\C)CCC=C(C)C)[P+]([O-])([O-])[O-].[K+].[K+].[K+]. The zero-order valence-corrected chi connectivity index (χ0v) is 32.5. The Hall–Kier alpha value is 4.63. The summed E-state index contributed by atoms with van der Waals surface area (Å²) in [5.41, 5.74) is 3.73. The van der Waals surface area contributed by atoms with Crippen molar-refractivity contribution in [3.8, 4) is 0 Å². The second-order valence-electron chi connectivity index (χ2n) is 7.83. The molecule has 0 radical (unpaired) electrons. The topological polar surface area (TPSA) is 109 Å². The molecule has 0 aromatic heterocycles. The molecule has 0 saturated carbocycles. The number of rotatable bonds is 13. The smallest absolute Gasteiger partial charge is 0.796 e. The molecule has 31 heavy (non-hydrogen) atoms. The Balaban J connectivity index is -0.00000121. The standard InChI is InChI=1S/C21H40O5P2.3K/c1-7-21(8-2,28(24,25)26)27(22,23)17-11-16-20(6)15-10-14-19(5)13-9-12-18(3)4;;;/h12,14,16H,7-11,13,15,17H2,1-6H3,(H,22,23)(H2,24,25,26);;;/q;3*+1/p-3/b19-14+,20-16+;;;. The van der Waals surface area contributed by atoms with E-state index in [1.165, 1.54) is 25.0 Å². The third-order valence-corrected chi connectivity index (χ3v) is 11.4.